The van der Waals surface area contributed by atoms with Crippen molar-refractivity contribution in [3.63, 3.8) is 0 Å². The Bertz CT molecular complexity index is 159. The van der Waals surface area contributed by atoms with Gasteiger partial charge >= 0.3 is 0 Å². The van der Waals surface area contributed by atoms with Crippen LogP contribution in [0.15, 0.2) is 0 Å². The van der Waals surface area contributed by atoms with Gasteiger partial charge < -0.3 is 4.90 Å². The summed E-state index contributed by atoms with van der Waals surface area (Å²) >= 11 is 0. The molecule has 76 valence electrons. The van der Waals surface area contributed by atoms with Crippen molar-refractivity contribution in [3.05, 3.63) is 0 Å². The Labute approximate surface area is 82.5 Å². The van der Waals surface area contributed by atoms with Crippen molar-refractivity contribution in [3.8, 4) is 6.07 Å². The van der Waals surface area contributed by atoms with Crippen molar-refractivity contribution in [2.24, 2.45) is 17.8 Å². The molecule has 0 N–H and O–H groups in total. The van der Waals surface area contributed by atoms with Crippen LogP contribution >= 0.6 is 0 Å². The maximum atomic E-state index is 8.85. The number of rotatable bonds is 0. The molecule has 1 aliphatic heterocycles. The van der Waals surface area contributed by atoms with Gasteiger partial charge in [-0.2, -0.15) is 5.26 Å². The molecule has 0 spiro atoms. The lowest BCUT2D eigenvalue weighted by molar-refractivity contribution is 0.130. The molecular formula is C11H22N2. The molecule has 2 nitrogen and oxygen atoms in total. The minimum Gasteiger partial charge on any atom is -0.306 e. The Balaban J connectivity index is 0.000000671. The van der Waals surface area contributed by atoms with Gasteiger partial charge in [0.05, 0.1) is 12.0 Å². The highest BCUT2D eigenvalue weighted by atomic mass is 15.1. The van der Waals surface area contributed by atoms with Gasteiger partial charge in [0.25, 0.3) is 0 Å². The summed E-state index contributed by atoms with van der Waals surface area (Å²) in [6.07, 6.45) is 0. The fourth-order valence-electron chi connectivity index (χ4n) is 2.10. The molecule has 0 radical (unpaired) electrons. The van der Waals surface area contributed by atoms with Crippen molar-refractivity contribution in [1.29, 1.82) is 5.26 Å². The zero-order chi connectivity index (χ0) is 10.4. The molecule has 0 aromatic carbocycles. The second kappa shape index (κ2) is 5.99. The van der Waals surface area contributed by atoms with Gasteiger partial charge in [-0.05, 0) is 18.9 Å². The van der Waals surface area contributed by atoms with Gasteiger partial charge in [0.1, 0.15) is 0 Å². The Kier molecular flexibility index (Phi) is 5.73. The molecule has 0 aromatic heterocycles. The highest BCUT2D eigenvalue weighted by Crippen LogP contribution is 2.26. The lowest BCUT2D eigenvalue weighted by Gasteiger charge is -2.35. The summed E-state index contributed by atoms with van der Waals surface area (Å²) in [5.41, 5.74) is 0. The van der Waals surface area contributed by atoms with Crippen molar-refractivity contribution < 1.29 is 0 Å². The van der Waals surface area contributed by atoms with Crippen LogP contribution in [0.2, 0.25) is 0 Å². The van der Waals surface area contributed by atoms with Crippen LogP contribution < -0.4 is 0 Å². The second-order valence-corrected chi connectivity index (χ2v) is 3.83. The Hall–Kier alpha value is -0.550. The average molecular weight is 182 g/mol. The zero-order valence-electron chi connectivity index (χ0n) is 9.54. The maximum Gasteiger partial charge on any atom is 0.0662 e. The van der Waals surface area contributed by atoms with Crippen LogP contribution in [0.5, 0.6) is 0 Å². The number of hydrogen-bond acceptors (Lipinski definition) is 2. The van der Waals surface area contributed by atoms with E-state index in [1.807, 2.05) is 13.8 Å². The molecule has 2 atom stereocenters. The lowest BCUT2D eigenvalue weighted by atomic mass is 9.81. The van der Waals surface area contributed by atoms with Gasteiger partial charge in [0.2, 0.25) is 0 Å². The summed E-state index contributed by atoms with van der Waals surface area (Å²) in [5, 5.41) is 8.85. The van der Waals surface area contributed by atoms with Crippen molar-refractivity contribution in [2.75, 3.05) is 20.1 Å². The molecule has 1 saturated heterocycles. The SMILES string of the molecule is CC.CC1CN(C)CC(C)C1C#N. The van der Waals surface area contributed by atoms with Gasteiger partial charge in [-0.1, -0.05) is 27.7 Å². The molecule has 0 amide bonds. The number of piperidine rings is 1. The predicted molar refractivity (Wildman–Crippen MR) is 56.3 cm³/mol. The van der Waals surface area contributed by atoms with E-state index in [2.05, 4.69) is 31.9 Å². The molecule has 1 rings (SSSR count). The van der Waals surface area contributed by atoms with E-state index in [4.69, 9.17) is 5.26 Å². The smallest absolute Gasteiger partial charge is 0.0662 e. The van der Waals surface area contributed by atoms with E-state index in [-0.39, 0.29) is 5.92 Å². The minimum absolute atomic E-state index is 0.270. The first-order valence-corrected chi connectivity index (χ1v) is 5.23. The summed E-state index contributed by atoms with van der Waals surface area (Å²) in [6, 6.07) is 2.40. The van der Waals surface area contributed by atoms with E-state index >= 15 is 0 Å². The molecule has 0 bridgehead atoms. The molecular weight excluding hydrogens is 160 g/mol. The molecule has 2 unspecified atom stereocenters. The fraction of sp³-hybridized carbons (Fsp3) is 0.909. The highest BCUT2D eigenvalue weighted by Gasteiger charge is 2.29. The minimum atomic E-state index is 0.270. The van der Waals surface area contributed by atoms with Crippen molar-refractivity contribution in [1.82, 2.24) is 4.90 Å². The van der Waals surface area contributed by atoms with Crippen LogP contribution in [0.25, 0.3) is 0 Å². The van der Waals surface area contributed by atoms with E-state index in [0.717, 1.165) is 13.1 Å². The van der Waals surface area contributed by atoms with Crippen LogP contribution in [-0.4, -0.2) is 25.0 Å². The highest BCUT2D eigenvalue weighted by molar-refractivity contribution is 4.94. The molecule has 0 aromatic rings. The molecule has 1 heterocycles. The first kappa shape index (κ1) is 12.4. The molecule has 0 aliphatic carbocycles. The molecule has 0 saturated carbocycles. The van der Waals surface area contributed by atoms with Gasteiger partial charge in [-0.25, -0.2) is 0 Å². The third kappa shape index (κ3) is 3.36. The Morgan fingerprint density at radius 1 is 1.15 bits per heavy atom. The van der Waals surface area contributed by atoms with E-state index < -0.39 is 0 Å². The van der Waals surface area contributed by atoms with Crippen LogP contribution in [0.1, 0.15) is 27.7 Å². The number of nitrogens with zero attached hydrogens (tertiary/aromatic N) is 2. The summed E-state index contributed by atoms with van der Waals surface area (Å²) in [4.78, 5) is 2.31. The molecule has 1 fully saturated rings. The van der Waals surface area contributed by atoms with E-state index in [1.54, 1.807) is 0 Å². The summed E-state index contributed by atoms with van der Waals surface area (Å²) in [6.45, 7) is 10.5. The topological polar surface area (TPSA) is 27.0 Å². The average Bonchev–Trinajstić information content (AvgIpc) is 2.07. The summed E-state index contributed by atoms with van der Waals surface area (Å²) < 4.78 is 0. The van der Waals surface area contributed by atoms with Crippen LogP contribution in [0, 0.1) is 29.1 Å². The first-order chi connectivity index (χ1) is 6.15. The number of hydrogen-bond donors (Lipinski definition) is 0. The second-order valence-electron chi connectivity index (χ2n) is 3.83. The molecule has 2 heteroatoms. The first-order valence-electron chi connectivity index (χ1n) is 5.23. The maximum absolute atomic E-state index is 8.85. The van der Waals surface area contributed by atoms with Crippen LogP contribution in [0.3, 0.4) is 0 Å². The number of nitriles is 1. The Morgan fingerprint density at radius 2 is 1.54 bits per heavy atom. The van der Waals surface area contributed by atoms with Crippen LogP contribution in [-0.2, 0) is 0 Å². The lowest BCUT2D eigenvalue weighted by Crippen LogP contribution is -2.41. The standard InChI is InChI=1S/C9H16N2.C2H6/c1-7-5-11(3)6-8(2)9(7)4-10;1-2/h7-9H,5-6H2,1-3H3;1-2H3. The van der Waals surface area contributed by atoms with E-state index in [0.29, 0.717) is 11.8 Å². The largest absolute Gasteiger partial charge is 0.306 e. The predicted octanol–water partition coefficient (Wildman–Crippen LogP) is 2.37. The third-order valence-corrected chi connectivity index (χ3v) is 2.57. The van der Waals surface area contributed by atoms with Gasteiger partial charge in [-0.15, -0.1) is 0 Å². The fourth-order valence-corrected chi connectivity index (χ4v) is 2.10. The molecule has 13 heavy (non-hydrogen) atoms. The molecule has 1 aliphatic rings. The van der Waals surface area contributed by atoms with E-state index in [9.17, 15) is 0 Å². The van der Waals surface area contributed by atoms with Gasteiger partial charge in [0, 0.05) is 13.1 Å². The van der Waals surface area contributed by atoms with Crippen molar-refractivity contribution >= 4 is 0 Å². The quantitative estimate of drug-likeness (QED) is 0.575. The van der Waals surface area contributed by atoms with Gasteiger partial charge in [-0.3, -0.25) is 0 Å². The number of likely N-dealkylation sites (tertiary alicyclic amines) is 1. The van der Waals surface area contributed by atoms with E-state index in [1.165, 1.54) is 0 Å². The zero-order valence-corrected chi connectivity index (χ0v) is 9.54. The third-order valence-electron chi connectivity index (χ3n) is 2.57. The summed E-state index contributed by atoms with van der Waals surface area (Å²) in [7, 11) is 2.13. The van der Waals surface area contributed by atoms with Gasteiger partial charge in [0.15, 0.2) is 0 Å². The monoisotopic (exact) mass is 182 g/mol. The summed E-state index contributed by atoms with van der Waals surface area (Å²) in [5.74, 6) is 1.34. The normalized spacial score (nSPS) is 34.3. The van der Waals surface area contributed by atoms with Crippen LogP contribution in [0.4, 0.5) is 0 Å². The van der Waals surface area contributed by atoms with Crippen molar-refractivity contribution in [2.45, 2.75) is 27.7 Å². The Morgan fingerprint density at radius 3 is 1.85 bits per heavy atom.